The summed E-state index contributed by atoms with van der Waals surface area (Å²) in [4.78, 5) is 9.22. The average molecular weight is 85.1 g/mol. The quantitative estimate of drug-likeness (QED) is 0.346. The van der Waals surface area contributed by atoms with Crippen molar-refractivity contribution < 1.29 is 9.90 Å². The second kappa shape index (κ2) is 2.55. The molecule has 0 aliphatic carbocycles. The number of carbonyl (C=O) groups excluding carboxylic acids is 1. The summed E-state index contributed by atoms with van der Waals surface area (Å²) in [6.07, 6.45) is 1.18. The molecule has 0 fully saturated rings. The number of hydrogen-bond donors (Lipinski definition) is 1. The van der Waals surface area contributed by atoms with E-state index in [1.54, 1.807) is 0 Å². The van der Waals surface area contributed by atoms with Gasteiger partial charge in [0.25, 0.3) is 6.10 Å². The molecule has 0 saturated heterocycles. The maximum Gasteiger partial charge on any atom is 0.417 e. The Labute approximate surface area is 36.1 Å². The Bertz CT molecular complexity index is 69.6. The van der Waals surface area contributed by atoms with E-state index in [4.69, 9.17) is 5.11 Å². The average Bonchev–Trinajstić information content (AvgIpc) is 1.35. The smallest absolute Gasteiger partial charge is 0.345 e. The van der Waals surface area contributed by atoms with E-state index in [1.165, 1.54) is 12.9 Å². The summed E-state index contributed by atoms with van der Waals surface area (Å²) >= 11 is 0. The molecule has 2 nitrogen and oxygen atoms in total. The zero-order valence-corrected chi connectivity index (χ0v) is 3.43. The molecule has 0 spiro atoms. The first-order chi connectivity index (χ1) is 2.77. The van der Waals surface area contributed by atoms with Gasteiger partial charge in [-0.3, -0.25) is 0 Å². The van der Waals surface area contributed by atoms with E-state index in [1.807, 2.05) is 6.08 Å². The van der Waals surface area contributed by atoms with Crippen LogP contribution < -0.4 is 0 Å². The Kier molecular flexibility index (Phi) is 2.26. The Balaban J connectivity index is 3.29. The molecule has 0 heterocycles. The number of aliphatic hydroxyl groups is 1. The minimum atomic E-state index is -0.775. The second-order valence-corrected chi connectivity index (χ2v) is 0.922. The zero-order valence-electron chi connectivity index (χ0n) is 3.43. The van der Waals surface area contributed by atoms with Gasteiger partial charge in [-0.15, -0.1) is 0 Å². The van der Waals surface area contributed by atoms with Crippen LogP contribution in [0.2, 0.25) is 0 Å². The number of hydrogen-bond acceptors (Lipinski definition) is 2. The molecule has 0 radical (unpaired) electrons. The molecular formula is C4H5O2+. The summed E-state index contributed by atoms with van der Waals surface area (Å²) < 4.78 is 0. The lowest BCUT2D eigenvalue weighted by molar-refractivity contribution is 0.238. The molecule has 2 heteroatoms. The molecule has 0 saturated carbocycles. The topological polar surface area (TPSA) is 37.3 Å². The highest BCUT2D eigenvalue weighted by molar-refractivity contribution is 5.41. The molecule has 0 amide bonds. The van der Waals surface area contributed by atoms with Crippen molar-refractivity contribution in [2.75, 3.05) is 0 Å². The van der Waals surface area contributed by atoms with Crippen molar-refractivity contribution in [3.05, 3.63) is 6.08 Å². The summed E-state index contributed by atoms with van der Waals surface area (Å²) in [5.41, 5.74) is 0. The van der Waals surface area contributed by atoms with Crippen LogP contribution in [0, 0.1) is 6.08 Å². The predicted molar refractivity (Wildman–Crippen MR) is 20.6 cm³/mol. The lowest BCUT2D eigenvalue weighted by Crippen LogP contribution is -1.92. The molecule has 0 aromatic rings. The van der Waals surface area contributed by atoms with Crippen LogP contribution >= 0.6 is 0 Å². The first kappa shape index (κ1) is 5.32. The molecule has 32 valence electrons. The fourth-order valence-electron chi connectivity index (χ4n) is 0.0853. The van der Waals surface area contributed by atoms with E-state index >= 15 is 0 Å². The first-order valence-corrected chi connectivity index (χ1v) is 1.58. The van der Waals surface area contributed by atoms with Crippen LogP contribution in [0.1, 0.15) is 6.92 Å². The van der Waals surface area contributed by atoms with E-state index in [0.29, 0.717) is 0 Å². The Hall–Kier alpha value is -0.680. The van der Waals surface area contributed by atoms with Crippen molar-refractivity contribution in [1.29, 1.82) is 0 Å². The van der Waals surface area contributed by atoms with Crippen molar-refractivity contribution in [1.82, 2.24) is 0 Å². The van der Waals surface area contributed by atoms with Crippen LogP contribution in [0.25, 0.3) is 0 Å². The molecule has 0 rings (SSSR count). The van der Waals surface area contributed by atoms with Gasteiger partial charge in [0.15, 0.2) is 0 Å². The SMILES string of the molecule is CC(O)[C+]=C=O. The van der Waals surface area contributed by atoms with Gasteiger partial charge in [-0.05, 0) is 0 Å². The Morgan fingerprint density at radius 2 is 2.50 bits per heavy atom. The second-order valence-electron chi connectivity index (χ2n) is 0.922. The van der Waals surface area contributed by atoms with Gasteiger partial charge in [-0.2, -0.15) is 4.79 Å². The van der Waals surface area contributed by atoms with E-state index in [-0.39, 0.29) is 0 Å². The minimum Gasteiger partial charge on any atom is -0.345 e. The third-order valence-electron chi connectivity index (χ3n) is 0.268. The zero-order chi connectivity index (χ0) is 4.99. The fourth-order valence-corrected chi connectivity index (χ4v) is 0.0853. The summed E-state index contributed by atoms with van der Waals surface area (Å²) in [6.45, 7) is 1.44. The number of aliphatic hydroxyl groups excluding tert-OH is 1. The predicted octanol–water partition coefficient (Wildman–Crippen LogP) is -0.442. The van der Waals surface area contributed by atoms with Gasteiger partial charge < -0.3 is 5.11 Å². The summed E-state index contributed by atoms with van der Waals surface area (Å²) in [5, 5.41) is 8.18. The van der Waals surface area contributed by atoms with E-state index < -0.39 is 6.10 Å². The van der Waals surface area contributed by atoms with Gasteiger partial charge in [0, 0.05) is 6.92 Å². The van der Waals surface area contributed by atoms with Gasteiger partial charge in [0.2, 0.25) is 0 Å². The molecule has 0 aliphatic rings. The van der Waals surface area contributed by atoms with E-state index in [2.05, 4.69) is 0 Å². The first-order valence-electron chi connectivity index (χ1n) is 1.58. The molecule has 0 aromatic heterocycles. The van der Waals surface area contributed by atoms with Gasteiger partial charge in [-0.25, -0.2) is 0 Å². The third kappa shape index (κ3) is 3.32. The van der Waals surface area contributed by atoms with Gasteiger partial charge in [-0.1, -0.05) is 0 Å². The van der Waals surface area contributed by atoms with Crippen LogP contribution in [-0.2, 0) is 4.79 Å². The van der Waals surface area contributed by atoms with Crippen LogP contribution in [0.5, 0.6) is 0 Å². The van der Waals surface area contributed by atoms with Crippen molar-refractivity contribution in [3.63, 3.8) is 0 Å². The standard InChI is InChI=1S/C4H5O2/c1-4(6)2-3-5/h4,6H,1H3/q+1. The van der Waals surface area contributed by atoms with Crippen LogP contribution in [0.15, 0.2) is 0 Å². The van der Waals surface area contributed by atoms with Crippen molar-refractivity contribution in [3.8, 4) is 0 Å². The van der Waals surface area contributed by atoms with Crippen molar-refractivity contribution in [2.24, 2.45) is 0 Å². The maximum atomic E-state index is 9.22. The van der Waals surface area contributed by atoms with Crippen LogP contribution in [0.4, 0.5) is 0 Å². The van der Waals surface area contributed by atoms with Crippen molar-refractivity contribution >= 4 is 5.94 Å². The minimum absolute atomic E-state index is 0.775. The van der Waals surface area contributed by atoms with Crippen molar-refractivity contribution in [2.45, 2.75) is 13.0 Å². The summed E-state index contributed by atoms with van der Waals surface area (Å²) in [6, 6.07) is 0. The monoisotopic (exact) mass is 85.0 g/mol. The maximum absolute atomic E-state index is 9.22. The molecule has 1 unspecified atom stereocenters. The Morgan fingerprint density at radius 3 is 2.50 bits per heavy atom. The third-order valence-corrected chi connectivity index (χ3v) is 0.268. The lowest BCUT2D eigenvalue weighted by Gasteiger charge is -1.65. The van der Waals surface area contributed by atoms with Gasteiger partial charge in [0.05, 0.1) is 0 Å². The highest BCUT2D eigenvalue weighted by Crippen LogP contribution is 1.70. The van der Waals surface area contributed by atoms with E-state index in [9.17, 15) is 4.79 Å². The summed E-state index contributed by atoms with van der Waals surface area (Å²) in [7, 11) is 0. The molecule has 1 atom stereocenters. The summed E-state index contributed by atoms with van der Waals surface area (Å²) in [5.74, 6) is 1.32. The van der Waals surface area contributed by atoms with Crippen LogP contribution in [0.3, 0.4) is 0 Å². The number of rotatable bonds is 1. The highest BCUT2D eigenvalue weighted by atomic mass is 16.3. The molecule has 6 heavy (non-hydrogen) atoms. The highest BCUT2D eigenvalue weighted by Gasteiger charge is 2.00. The van der Waals surface area contributed by atoms with Crippen LogP contribution in [-0.4, -0.2) is 17.2 Å². The lowest BCUT2D eigenvalue weighted by atomic mass is 10.4. The largest absolute Gasteiger partial charge is 0.417 e. The van der Waals surface area contributed by atoms with Gasteiger partial charge >= 0.3 is 12.0 Å². The Morgan fingerprint density at radius 1 is 2.00 bits per heavy atom. The van der Waals surface area contributed by atoms with Gasteiger partial charge in [0.1, 0.15) is 0 Å². The molecule has 0 bridgehead atoms. The fraction of sp³-hybridized carbons (Fsp3) is 0.500. The molecular weight excluding hydrogens is 80.0 g/mol. The normalized spacial score (nSPS) is 11.7. The van der Waals surface area contributed by atoms with E-state index in [0.717, 1.165) is 0 Å². The molecule has 1 N–H and O–H groups in total. The molecule has 0 aromatic carbocycles. The molecule has 0 aliphatic heterocycles.